The lowest BCUT2D eigenvalue weighted by molar-refractivity contribution is -0.128. The summed E-state index contributed by atoms with van der Waals surface area (Å²) in [7, 11) is -0.324. The molecule has 0 radical (unpaired) electrons. The van der Waals surface area contributed by atoms with E-state index in [0.29, 0.717) is 4.90 Å². The lowest BCUT2D eigenvalue weighted by atomic mass is 9.95. The van der Waals surface area contributed by atoms with Gasteiger partial charge in [0.25, 0.3) is 0 Å². The summed E-state index contributed by atoms with van der Waals surface area (Å²) in [5.74, 6) is -0.104. The summed E-state index contributed by atoms with van der Waals surface area (Å²) < 4.78 is 27.8. The van der Waals surface area contributed by atoms with Gasteiger partial charge in [0.05, 0.1) is 4.90 Å². The molecule has 0 spiro atoms. The molecule has 1 amide bonds. The molecule has 0 aromatic heterocycles. The Balaban J connectivity index is 3.12. The number of sulfonamides is 1. The molecule has 124 valence electrons. The smallest absolute Gasteiger partial charge is 0.241 e. The summed E-state index contributed by atoms with van der Waals surface area (Å²) in [4.78, 5) is 13.3. The Morgan fingerprint density at radius 3 is 1.73 bits per heavy atom. The Kier molecular flexibility index (Phi) is 5.76. The molecule has 0 heterocycles. The van der Waals surface area contributed by atoms with Gasteiger partial charge in [-0.15, -0.1) is 0 Å². The summed E-state index contributed by atoms with van der Waals surface area (Å²) in [6.07, 6.45) is 0.147. The number of hydrogen-bond acceptors (Lipinski definition) is 3. The van der Waals surface area contributed by atoms with Crippen LogP contribution in [0.15, 0.2) is 4.90 Å². The Morgan fingerprint density at radius 2 is 1.32 bits per heavy atom. The summed E-state index contributed by atoms with van der Waals surface area (Å²) >= 11 is 0. The molecule has 1 aromatic rings. The highest BCUT2D eigenvalue weighted by Crippen LogP contribution is 2.29. The first-order chi connectivity index (χ1) is 10.0. The minimum Gasteiger partial charge on any atom is -0.349 e. The van der Waals surface area contributed by atoms with Crippen molar-refractivity contribution in [2.24, 2.45) is 0 Å². The molecule has 0 aliphatic carbocycles. The van der Waals surface area contributed by atoms with Gasteiger partial charge in [-0.25, -0.2) is 13.1 Å². The van der Waals surface area contributed by atoms with Crippen molar-refractivity contribution >= 4 is 15.9 Å². The number of carbonyl (C=O) groups excluding carboxylic acids is 1. The fourth-order valence-electron chi connectivity index (χ4n) is 2.46. The molecular formula is C16H26N2O3S. The molecule has 5 nitrogen and oxygen atoms in total. The number of amides is 1. The van der Waals surface area contributed by atoms with E-state index in [1.165, 1.54) is 4.90 Å². The highest BCUT2D eigenvalue weighted by molar-refractivity contribution is 7.89. The van der Waals surface area contributed by atoms with E-state index in [9.17, 15) is 13.2 Å². The summed E-state index contributed by atoms with van der Waals surface area (Å²) in [6.45, 7) is 9.63. The Morgan fingerprint density at radius 1 is 0.909 bits per heavy atom. The van der Waals surface area contributed by atoms with Crippen LogP contribution in [-0.4, -0.2) is 39.9 Å². The zero-order valence-electron chi connectivity index (χ0n) is 14.5. The molecule has 0 aliphatic rings. The molecule has 1 rings (SSSR count). The maximum Gasteiger partial charge on any atom is 0.241 e. The van der Waals surface area contributed by atoms with Crippen molar-refractivity contribution in [2.45, 2.75) is 45.9 Å². The second-order valence-electron chi connectivity index (χ2n) is 5.89. The second-order valence-corrected chi connectivity index (χ2v) is 7.59. The van der Waals surface area contributed by atoms with Crippen LogP contribution in [0.4, 0.5) is 0 Å². The number of nitrogens with one attached hydrogen (secondary N) is 1. The average Bonchev–Trinajstić information content (AvgIpc) is 2.42. The number of hydrogen-bond donors (Lipinski definition) is 1. The van der Waals surface area contributed by atoms with Crippen LogP contribution in [0.3, 0.4) is 0 Å². The molecule has 1 N–H and O–H groups in total. The van der Waals surface area contributed by atoms with E-state index in [0.717, 1.165) is 27.8 Å². The largest absolute Gasteiger partial charge is 0.349 e. The first-order valence-corrected chi connectivity index (χ1v) is 8.75. The minimum atomic E-state index is -3.63. The first kappa shape index (κ1) is 18.6. The van der Waals surface area contributed by atoms with Crippen molar-refractivity contribution in [3.8, 4) is 0 Å². The zero-order chi connectivity index (χ0) is 17.2. The third-order valence-corrected chi connectivity index (χ3v) is 6.06. The van der Waals surface area contributed by atoms with E-state index in [2.05, 4.69) is 4.72 Å². The van der Waals surface area contributed by atoms with E-state index in [1.807, 2.05) is 34.6 Å². The third kappa shape index (κ3) is 3.67. The van der Waals surface area contributed by atoms with Gasteiger partial charge in [0.1, 0.15) is 0 Å². The quantitative estimate of drug-likeness (QED) is 0.900. The van der Waals surface area contributed by atoms with Crippen molar-refractivity contribution in [1.29, 1.82) is 0 Å². The first-order valence-electron chi connectivity index (χ1n) is 7.27. The van der Waals surface area contributed by atoms with Crippen molar-refractivity contribution in [3.63, 3.8) is 0 Å². The fraction of sp³-hybridized carbons (Fsp3) is 0.562. The third-order valence-electron chi connectivity index (χ3n) is 4.33. The molecule has 0 atom stereocenters. The molecule has 22 heavy (non-hydrogen) atoms. The highest BCUT2D eigenvalue weighted by Gasteiger charge is 2.23. The molecule has 0 fully saturated rings. The number of carbonyl (C=O) groups is 1. The Hall–Kier alpha value is -1.40. The van der Waals surface area contributed by atoms with Gasteiger partial charge in [-0.05, 0) is 62.4 Å². The normalized spacial score (nSPS) is 11.6. The van der Waals surface area contributed by atoms with Crippen LogP contribution >= 0.6 is 0 Å². The van der Waals surface area contributed by atoms with Crippen molar-refractivity contribution in [1.82, 2.24) is 9.62 Å². The van der Waals surface area contributed by atoms with Gasteiger partial charge in [0.2, 0.25) is 15.9 Å². The molecule has 0 aliphatic heterocycles. The van der Waals surface area contributed by atoms with E-state index >= 15 is 0 Å². The standard InChI is InChI=1S/C16H26N2O3S/c1-10-11(2)13(4)16(14(5)12(10)3)22(20,21)17-9-8-15(19)18(6)7/h17H,8-9H2,1-7H3. The van der Waals surface area contributed by atoms with Crippen molar-refractivity contribution in [2.75, 3.05) is 20.6 Å². The highest BCUT2D eigenvalue weighted by atomic mass is 32.2. The van der Waals surface area contributed by atoms with Gasteiger partial charge in [-0.2, -0.15) is 0 Å². The molecule has 6 heteroatoms. The van der Waals surface area contributed by atoms with Gasteiger partial charge in [0.15, 0.2) is 0 Å². The number of benzene rings is 1. The van der Waals surface area contributed by atoms with Crippen LogP contribution in [0, 0.1) is 34.6 Å². The van der Waals surface area contributed by atoms with E-state index in [-0.39, 0.29) is 18.9 Å². The summed E-state index contributed by atoms with van der Waals surface area (Å²) in [6, 6.07) is 0. The van der Waals surface area contributed by atoms with E-state index < -0.39 is 10.0 Å². The SMILES string of the molecule is Cc1c(C)c(C)c(S(=O)(=O)NCCC(=O)N(C)C)c(C)c1C. The maximum atomic E-state index is 12.6. The molecule has 0 unspecified atom stereocenters. The number of rotatable bonds is 5. The molecule has 0 saturated heterocycles. The minimum absolute atomic E-state index is 0.101. The van der Waals surface area contributed by atoms with Gasteiger partial charge in [0, 0.05) is 27.1 Å². The van der Waals surface area contributed by atoms with Crippen LogP contribution in [0.1, 0.15) is 34.2 Å². The zero-order valence-corrected chi connectivity index (χ0v) is 15.3. The molecule has 0 saturated carbocycles. The van der Waals surface area contributed by atoms with Gasteiger partial charge < -0.3 is 4.90 Å². The van der Waals surface area contributed by atoms with E-state index in [4.69, 9.17) is 0 Å². The monoisotopic (exact) mass is 326 g/mol. The molecule has 0 bridgehead atoms. The van der Waals surface area contributed by atoms with Gasteiger partial charge >= 0.3 is 0 Å². The van der Waals surface area contributed by atoms with Gasteiger partial charge in [-0.1, -0.05) is 0 Å². The summed E-state index contributed by atoms with van der Waals surface area (Å²) in [5, 5.41) is 0. The maximum absolute atomic E-state index is 12.6. The summed E-state index contributed by atoms with van der Waals surface area (Å²) in [5.41, 5.74) is 4.65. The van der Waals surface area contributed by atoms with Crippen molar-refractivity contribution in [3.05, 3.63) is 27.8 Å². The predicted molar refractivity (Wildman–Crippen MR) is 88.6 cm³/mol. The predicted octanol–water partition coefficient (Wildman–Crippen LogP) is 1.99. The van der Waals surface area contributed by atoms with Crippen LogP contribution in [0.2, 0.25) is 0 Å². The average molecular weight is 326 g/mol. The number of nitrogens with zero attached hydrogens (tertiary/aromatic N) is 1. The molecular weight excluding hydrogens is 300 g/mol. The topological polar surface area (TPSA) is 66.5 Å². The van der Waals surface area contributed by atoms with E-state index in [1.54, 1.807) is 14.1 Å². The Bertz CT molecular complexity index is 663. The lowest BCUT2D eigenvalue weighted by Gasteiger charge is -2.19. The van der Waals surface area contributed by atoms with Crippen LogP contribution in [0.25, 0.3) is 0 Å². The van der Waals surface area contributed by atoms with Crippen LogP contribution in [-0.2, 0) is 14.8 Å². The Labute approximate surface area is 133 Å². The van der Waals surface area contributed by atoms with Crippen molar-refractivity contribution < 1.29 is 13.2 Å². The lowest BCUT2D eigenvalue weighted by Crippen LogP contribution is -2.31. The van der Waals surface area contributed by atoms with Crippen LogP contribution in [0.5, 0.6) is 0 Å². The molecule has 1 aromatic carbocycles. The van der Waals surface area contributed by atoms with Crippen LogP contribution < -0.4 is 4.72 Å². The fourth-order valence-corrected chi connectivity index (χ4v) is 4.08. The van der Waals surface area contributed by atoms with Gasteiger partial charge in [-0.3, -0.25) is 4.79 Å². The second kappa shape index (κ2) is 6.79.